The summed E-state index contributed by atoms with van der Waals surface area (Å²) in [4.78, 5) is 2.32. The Bertz CT molecular complexity index is 345. The molecule has 2 atom stereocenters. The van der Waals surface area contributed by atoms with Gasteiger partial charge in [0.25, 0.3) is 0 Å². The second kappa shape index (κ2) is 6.91. The van der Waals surface area contributed by atoms with E-state index in [0.717, 1.165) is 18.5 Å². The van der Waals surface area contributed by atoms with E-state index in [2.05, 4.69) is 51.7 Å². The highest BCUT2D eigenvalue weighted by Gasteiger charge is 2.23. The Kier molecular flexibility index (Phi) is 5.83. The molecule has 0 spiro atoms. The lowest BCUT2D eigenvalue weighted by molar-refractivity contribution is 0.0436. The molecule has 18 heavy (non-hydrogen) atoms. The SMILES string of the molecule is CCc1ccc(C(O)C(C)N(CC)C(C)C)cc1. The number of aliphatic hydroxyl groups excluding tert-OH is 1. The first kappa shape index (κ1) is 15.2. The van der Waals surface area contributed by atoms with Crippen molar-refractivity contribution < 1.29 is 5.11 Å². The minimum atomic E-state index is -0.418. The molecule has 1 rings (SSSR count). The number of aliphatic hydroxyl groups is 1. The highest BCUT2D eigenvalue weighted by molar-refractivity contribution is 5.25. The quantitative estimate of drug-likeness (QED) is 0.835. The molecular weight excluding hydrogens is 222 g/mol. The van der Waals surface area contributed by atoms with Crippen LogP contribution >= 0.6 is 0 Å². The van der Waals surface area contributed by atoms with Crippen LogP contribution < -0.4 is 0 Å². The van der Waals surface area contributed by atoms with E-state index in [0.29, 0.717) is 6.04 Å². The van der Waals surface area contributed by atoms with Gasteiger partial charge in [0, 0.05) is 12.1 Å². The maximum Gasteiger partial charge on any atom is 0.0942 e. The van der Waals surface area contributed by atoms with E-state index in [4.69, 9.17) is 0 Å². The zero-order chi connectivity index (χ0) is 13.7. The minimum absolute atomic E-state index is 0.141. The number of hydrogen-bond donors (Lipinski definition) is 1. The first-order chi connectivity index (χ1) is 8.51. The molecule has 0 aromatic heterocycles. The highest BCUT2D eigenvalue weighted by atomic mass is 16.3. The summed E-state index contributed by atoms with van der Waals surface area (Å²) in [6.07, 6.45) is 0.622. The molecule has 0 saturated heterocycles. The van der Waals surface area contributed by atoms with Gasteiger partial charge in [0.2, 0.25) is 0 Å². The van der Waals surface area contributed by atoms with Crippen molar-refractivity contribution in [2.24, 2.45) is 0 Å². The van der Waals surface area contributed by atoms with Crippen LogP contribution in [0.4, 0.5) is 0 Å². The zero-order valence-electron chi connectivity index (χ0n) is 12.4. The standard InChI is InChI=1S/C16H27NO/c1-6-14-8-10-15(11-9-14)16(18)13(5)17(7-2)12(3)4/h8-13,16,18H,6-7H2,1-5H3. The van der Waals surface area contributed by atoms with Crippen molar-refractivity contribution in [1.82, 2.24) is 4.90 Å². The van der Waals surface area contributed by atoms with Crippen LogP contribution in [0.1, 0.15) is 51.8 Å². The van der Waals surface area contributed by atoms with E-state index in [-0.39, 0.29) is 6.04 Å². The summed E-state index contributed by atoms with van der Waals surface area (Å²) in [5.74, 6) is 0. The van der Waals surface area contributed by atoms with Gasteiger partial charge < -0.3 is 5.11 Å². The van der Waals surface area contributed by atoms with Gasteiger partial charge in [0.1, 0.15) is 0 Å². The van der Waals surface area contributed by atoms with Gasteiger partial charge >= 0.3 is 0 Å². The van der Waals surface area contributed by atoms with Gasteiger partial charge in [0.15, 0.2) is 0 Å². The second-order valence-corrected chi connectivity index (χ2v) is 5.20. The summed E-state index contributed by atoms with van der Waals surface area (Å²) >= 11 is 0. The number of rotatable bonds is 6. The second-order valence-electron chi connectivity index (χ2n) is 5.20. The lowest BCUT2D eigenvalue weighted by Crippen LogP contribution is -2.42. The zero-order valence-corrected chi connectivity index (χ0v) is 12.4. The molecule has 0 aliphatic rings. The summed E-state index contributed by atoms with van der Waals surface area (Å²) in [5.41, 5.74) is 2.33. The van der Waals surface area contributed by atoms with E-state index in [9.17, 15) is 5.11 Å². The van der Waals surface area contributed by atoms with Crippen LogP contribution in [0, 0.1) is 0 Å². The number of nitrogens with zero attached hydrogens (tertiary/aromatic N) is 1. The van der Waals surface area contributed by atoms with E-state index in [1.165, 1.54) is 5.56 Å². The monoisotopic (exact) mass is 249 g/mol. The van der Waals surface area contributed by atoms with Crippen LogP contribution in [-0.2, 0) is 6.42 Å². The largest absolute Gasteiger partial charge is 0.387 e. The minimum Gasteiger partial charge on any atom is -0.387 e. The molecule has 0 radical (unpaired) electrons. The van der Waals surface area contributed by atoms with Crippen LogP contribution in [0.2, 0.25) is 0 Å². The van der Waals surface area contributed by atoms with Crippen molar-refractivity contribution in [2.45, 2.75) is 59.2 Å². The van der Waals surface area contributed by atoms with Crippen LogP contribution in [0.5, 0.6) is 0 Å². The van der Waals surface area contributed by atoms with Crippen molar-refractivity contribution in [2.75, 3.05) is 6.54 Å². The van der Waals surface area contributed by atoms with Gasteiger partial charge in [-0.3, -0.25) is 4.90 Å². The molecule has 0 aliphatic heterocycles. The maximum atomic E-state index is 10.5. The van der Waals surface area contributed by atoms with Crippen LogP contribution in [-0.4, -0.2) is 28.6 Å². The Labute approximate surface area is 112 Å². The van der Waals surface area contributed by atoms with Gasteiger partial charge in [-0.1, -0.05) is 38.1 Å². The van der Waals surface area contributed by atoms with Crippen LogP contribution in [0.15, 0.2) is 24.3 Å². The summed E-state index contributed by atoms with van der Waals surface area (Å²) in [6, 6.07) is 8.91. The van der Waals surface area contributed by atoms with Crippen molar-refractivity contribution in [3.63, 3.8) is 0 Å². The lowest BCUT2D eigenvalue weighted by Gasteiger charge is -2.34. The number of hydrogen-bond acceptors (Lipinski definition) is 2. The predicted octanol–water partition coefficient (Wildman–Crippen LogP) is 3.40. The topological polar surface area (TPSA) is 23.5 Å². The number of aryl methyl sites for hydroxylation is 1. The molecule has 2 unspecified atom stereocenters. The van der Waals surface area contributed by atoms with Crippen LogP contribution in [0.25, 0.3) is 0 Å². The van der Waals surface area contributed by atoms with Crippen LogP contribution in [0.3, 0.4) is 0 Å². The van der Waals surface area contributed by atoms with E-state index < -0.39 is 6.10 Å². The molecule has 0 bridgehead atoms. The Balaban J connectivity index is 2.81. The Morgan fingerprint density at radius 2 is 1.61 bits per heavy atom. The molecule has 0 aliphatic carbocycles. The molecule has 0 saturated carbocycles. The molecular formula is C16H27NO. The van der Waals surface area contributed by atoms with Gasteiger partial charge in [-0.25, -0.2) is 0 Å². The van der Waals surface area contributed by atoms with Crippen molar-refractivity contribution in [3.8, 4) is 0 Å². The first-order valence-corrected chi connectivity index (χ1v) is 7.03. The first-order valence-electron chi connectivity index (χ1n) is 7.03. The predicted molar refractivity (Wildman–Crippen MR) is 77.8 cm³/mol. The third-order valence-electron chi connectivity index (χ3n) is 3.74. The van der Waals surface area contributed by atoms with Crippen molar-refractivity contribution in [3.05, 3.63) is 35.4 Å². The Morgan fingerprint density at radius 3 is 2.00 bits per heavy atom. The summed E-state index contributed by atoms with van der Waals surface area (Å²) in [7, 11) is 0. The Hall–Kier alpha value is -0.860. The average molecular weight is 249 g/mol. The average Bonchev–Trinajstić information content (AvgIpc) is 2.38. The van der Waals surface area contributed by atoms with Gasteiger partial charge in [-0.05, 0) is 44.9 Å². The molecule has 0 amide bonds. The smallest absolute Gasteiger partial charge is 0.0942 e. The van der Waals surface area contributed by atoms with E-state index in [1.807, 2.05) is 12.1 Å². The summed E-state index contributed by atoms with van der Waals surface area (Å²) in [6.45, 7) is 11.7. The van der Waals surface area contributed by atoms with E-state index in [1.54, 1.807) is 0 Å². The molecule has 2 nitrogen and oxygen atoms in total. The van der Waals surface area contributed by atoms with Crippen molar-refractivity contribution in [1.29, 1.82) is 0 Å². The third-order valence-corrected chi connectivity index (χ3v) is 3.74. The fourth-order valence-corrected chi connectivity index (χ4v) is 2.53. The maximum absolute atomic E-state index is 10.5. The molecule has 0 fully saturated rings. The van der Waals surface area contributed by atoms with Crippen molar-refractivity contribution >= 4 is 0 Å². The van der Waals surface area contributed by atoms with Gasteiger partial charge in [0.05, 0.1) is 6.10 Å². The molecule has 0 heterocycles. The van der Waals surface area contributed by atoms with Gasteiger partial charge in [-0.2, -0.15) is 0 Å². The molecule has 102 valence electrons. The molecule has 2 heteroatoms. The third kappa shape index (κ3) is 3.56. The summed E-state index contributed by atoms with van der Waals surface area (Å²) in [5, 5.41) is 10.5. The number of likely N-dealkylation sites (N-methyl/N-ethyl adjacent to an activating group) is 1. The fourth-order valence-electron chi connectivity index (χ4n) is 2.53. The molecule has 1 aromatic rings. The number of benzene rings is 1. The fraction of sp³-hybridized carbons (Fsp3) is 0.625. The van der Waals surface area contributed by atoms with E-state index >= 15 is 0 Å². The highest BCUT2D eigenvalue weighted by Crippen LogP contribution is 2.22. The lowest BCUT2D eigenvalue weighted by atomic mass is 9.99. The summed E-state index contributed by atoms with van der Waals surface area (Å²) < 4.78 is 0. The van der Waals surface area contributed by atoms with Gasteiger partial charge in [-0.15, -0.1) is 0 Å². The Morgan fingerprint density at radius 1 is 1.06 bits per heavy atom. The molecule has 1 aromatic carbocycles. The molecule has 1 N–H and O–H groups in total. The normalized spacial score (nSPS) is 15.1.